The molecule has 6 heteroatoms. The first-order chi connectivity index (χ1) is 12.2. The summed E-state index contributed by atoms with van der Waals surface area (Å²) in [5.74, 6) is 1.62. The fraction of sp³-hybridized carbons (Fsp3) is 0.263. The Morgan fingerprint density at radius 1 is 1.24 bits per heavy atom. The highest BCUT2D eigenvalue weighted by Gasteiger charge is 2.22. The molecule has 0 fully saturated rings. The number of likely N-dealkylation sites (N-methyl/N-ethyl adjacent to an activating group) is 1. The van der Waals surface area contributed by atoms with Gasteiger partial charge in [-0.2, -0.15) is 0 Å². The van der Waals surface area contributed by atoms with E-state index in [0.717, 1.165) is 39.9 Å². The number of anilines is 2. The second-order valence-electron chi connectivity index (χ2n) is 6.28. The van der Waals surface area contributed by atoms with Crippen LogP contribution in [0.3, 0.4) is 0 Å². The summed E-state index contributed by atoms with van der Waals surface area (Å²) < 4.78 is 6.31. The molecule has 0 saturated carbocycles. The van der Waals surface area contributed by atoms with Gasteiger partial charge in [0, 0.05) is 30.7 Å². The summed E-state index contributed by atoms with van der Waals surface area (Å²) in [5.41, 5.74) is 3.54. The number of fused-ring (bicyclic) bond motifs is 2. The number of hydrogen-bond donors (Lipinski definition) is 1. The first kappa shape index (κ1) is 16.1. The summed E-state index contributed by atoms with van der Waals surface area (Å²) in [4.78, 5) is 11.1. The molecule has 1 atom stereocenters. The average Bonchev–Trinajstić information content (AvgIpc) is 2.61. The van der Waals surface area contributed by atoms with E-state index < -0.39 is 0 Å². The standard InChI is InChI=1S/C19H19BrN4O/c1-24-10-13(7-12-5-3-4-6-17(12)24)23-19-14-8-18(25-2)15(20)9-16(14)21-11-22-19/h3-6,8-9,11,13H,7,10H2,1-2H3,(H,21,22,23). The Hall–Kier alpha value is -2.34. The number of nitrogens with zero attached hydrogens (tertiary/aromatic N) is 3. The minimum atomic E-state index is 0.285. The number of methoxy groups -OCH3 is 1. The second kappa shape index (κ2) is 6.52. The van der Waals surface area contributed by atoms with E-state index in [1.165, 1.54) is 11.3 Å². The van der Waals surface area contributed by atoms with E-state index in [2.05, 4.69) is 67.4 Å². The highest BCUT2D eigenvalue weighted by atomic mass is 79.9. The summed E-state index contributed by atoms with van der Waals surface area (Å²) >= 11 is 3.51. The Morgan fingerprint density at radius 3 is 2.92 bits per heavy atom. The van der Waals surface area contributed by atoms with Gasteiger partial charge in [-0.15, -0.1) is 0 Å². The molecule has 0 aliphatic carbocycles. The van der Waals surface area contributed by atoms with Crippen molar-refractivity contribution < 1.29 is 4.74 Å². The van der Waals surface area contributed by atoms with Crippen molar-refractivity contribution in [2.75, 3.05) is 30.9 Å². The van der Waals surface area contributed by atoms with E-state index in [1.54, 1.807) is 13.4 Å². The van der Waals surface area contributed by atoms with Gasteiger partial charge in [0.25, 0.3) is 0 Å². The zero-order valence-electron chi connectivity index (χ0n) is 14.2. The molecular formula is C19H19BrN4O. The highest BCUT2D eigenvalue weighted by molar-refractivity contribution is 9.10. The van der Waals surface area contributed by atoms with Crippen LogP contribution in [0.5, 0.6) is 5.75 Å². The van der Waals surface area contributed by atoms with E-state index in [9.17, 15) is 0 Å². The molecular weight excluding hydrogens is 380 g/mol. The number of aromatic nitrogens is 2. The molecule has 128 valence electrons. The van der Waals surface area contributed by atoms with Gasteiger partial charge in [-0.3, -0.25) is 0 Å². The van der Waals surface area contributed by atoms with Crippen LogP contribution in [-0.2, 0) is 6.42 Å². The summed E-state index contributed by atoms with van der Waals surface area (Å²) in [6.45, 7) is 0.927. The van der Waals surface area contributed by atoms with E-state index in [4.69, 9.17) is 4.74 Å². The average molecular weight is 399 g/mol. The molecule has 1 aromatic heterocycles. The van der Waals surface area contributed by atoms with Crippen LogP contribution in [-0.4, -0.2) is 36.7 Å². The third-order valence-electron chi connectivity index (χ3n) is 4.61. The first-order valence-corrected chi connectivity index (χ1v) is 8.99. The van der Waals surface area contributed by atoms with Gasteiger partial charge in [0.05, 0.1) is 17.1 Å². The van der Waals surface area contributed by atoms with Crippen molar-refractivity contribution in [3.8, 4) is 5.75 Å². The van der Waals surface area contributed by atoms with Gasteiger partial charge in [-0.05, 0) is 46.1 Å². The molecule has 25 heavy (non-hydrogen) atoms. The van der Waals surface area contributed by atoms with Gasteiger partial charge in [0.1, 0.15) is 17.9 Å². The Labute approximate surface area is 155 Å². The topological polar surface area (TPSA) is 50.3 Å². The minimum absolute atomic E-state index is 0.285. The maximum absolute atomic E-state index is 5.42. The highest BCUT2D eigenvalue weighted by Crippen LogP contribution is 2.33. The maximum atomic E-state index is 5.42. The number of benzene rings is 2. The lowest BCUT2D eigenvalue weighted by atomic mass is 9.98. The number of para-hydroxylation sites is 1. The molecule has 2 heterocycles. The van der Waals surface area contributed by atoms with Crippen molar-refractivity contribution in [1.82, 2.24) is 9.97 Å². The Bertz CT molecular complexity index is 930. The maximum Gasteiger partial charge on any atom is 0.137 e. The number of ether oxygens (including phenoxy) is 1. The lowest BCUT2D eigenvalue weighted by Crippen LogP contribution is -2.40. The predicted octanol–water partition coefficient (Wildman–Crippen LogP) is 3.87. The summed E-state index contributed by atoms with van der Waals surface area (Å²) in [6.07, 6.45) is 2.57. The fourth-order valence-electron chi connectivity index (χ4n) is 3.43. The van der Waals surface area contributed by atoms with Gasteiger partial charge in [-0.25, -0.2) is 9.97 Å². The largest absolute Gasteiger partial charge is 0.496 e. The molecule has 0 radical (unpaired) electrons. The van der Waals surface area contributed by atoms with Crippen molar-refractivity contribution in [2.24, 2.45) is 0 Å². The van der Waals surface area contributed by atoms with Crippen molar-refractivity contribution in [1.29, 1.82) is 0 Å². The van der Waals surface area contributed by atoms with Crippen LogP contribution in [0.15, 0.2) is 47.2 Å². The van der Waals surface area contributed by atoms with Gasteiger partial charge in [-0.1, -0.05) is 18.2 Å². The van der Waals surface area contributed by atoms with Crippen molar-refractivity contribution >= 4 is 38.3 Å². The van der Waals surface area contributed by atoms with E-state index in [-0.39, 0.29) is 6.04 Å². The van der Waals surface area contributed by atoms with Gasteiger partial charge in [0.15, 0.2) is 0 Å². The smallest absolute Gasteiger partial charge is 0.137 e. The normalized spacial score (nSPS) is 16.6. The minimum Gasteiger partial charge on any atom is -0.496 e. The molecule has 0 spiro atoms. The van der Waals surface area contributed by atoms with Crippen molar-refractivity contribution in [2.45, 2.75) is 12.5 Å². The summed E-state index contributed by atoms with van der Waals surface area (Å²) in [6, 6.07) is 12.8. The fourth-order valence-corrected chi connectivity index (χ4v) is 3.93. The summed E-state index contributed by atoms with van der Waals surface area (Å²) in [7, 11) is 3.79. The molecule has 0 saturated heterocycles. The number of rotatable bonds is 3. The Kier molecular flexibility index (Phi) is 4.21. The van der Waals surface area contributed by atoms with E-state index in [1.807, 2.05) is 12.1 Å². The Morgan fingerprint density at radius 2 is 2.08 bits per heavy atom. The molecule has 5 nitrogen and oxygen atoms in total. The zero-order valence-corrected chi connectivity index (χ0v) is 15.7. The molecule has 0 bridgehead atoms. The van der Waals surface area contributed by atoms with Crippen LogP contribution in [0, 0.1) is 0 Å². The number of halogens is 1. The van der Waals surface area contributed by atoms with Crippen LogP contribution >= 0.6 is 15.9 Å². The quantitative estimate of drug-likeness (QED) is 0.725. The van der Waals surface area contributed by atoms with E-state index >= 15 is 0 Å². The van der Waals surface area contributed by atoms with Gasteiger partial charge >= 0.3 is 0 Å². The van der Waals surface area contributed by atoms with Gasteiger partial charge in [0.2, 0.25) is 0 Å². The molecule has 3 aromatic rings. The van der Waals surface area contributed by atoms with Crippen LogP contribution in [0.25, 0.3) is 10.9 Å². The lowest BCUT2D eigenvalue weighted by molar-refractivity contribution is 0.413. The Balaban J connectivity index is 1.67. The molecule has 1 unspecified atom stereocenters. The number of hydrogen-bond acceptors (Lipinski definition) is 5. The monoisotopic (exact) mass is 398 g/mol. The van der Waals surface area contributed by atoms with Crippen LogP contribution < -0.4 is 15.0 Å². The molecule has 0 amide bonds. The predicted molar refractivity (Wildman–Crippen MR) is 105 cm³/mol. The van der Waals surface area contributed by atoms with Crippen LogP contribution in [0.4, 0.5) is 11.5 Å². The van der Waals surface area contributed by atoms with Crippen molar-refractivity contribution in [3.05, 3.63) is 52.8 Å². The molecule has 2 aromatic carbocycles. The lowest BCUT2D eigenvalue weighted by Gasteiger charge is -2.34. The second-order valence-corrected chi connectivity index (χ2v) is 7.14. The van der Waals surface area contributed by atoms with Crippen molar-refractivity contribution in [3.63, 3.8) is 0 Å². The third kappa shape index (κ3) is 3.02. The molecule has 1 aliphatic heterocycles. The molecule has 1 N–H and O–H groups in total. The zero-order chi connectivity index (χ0) is 17.4. The SMILES string of the molecule is COc1cc2c(NC3Cc4ccccc4N(C)C3)ncnc2cc1Br. The number of nitrogens with one attached hydrogen (secondary N) is 1. The third-order valence-corrected chi connectivity index (χ3v) is 5.23. The molecule has 1 aliphatic rings. The summed E-state index contributed by atoms with van der Waals surface area (Å²) in [5, 5.41) is 4.56. The van der Waals surface area contributed by atoms with Gasteiger partial charge < -0.3 is 15.0 Å². The van der Waals surface area contributed by atoms with Crippen LogP contribution in [0.2, 0.25) is 0 Å². The first-order valence-electron chi connectivity index (χ1n) is 8.19. The molecule has 4 rings (SSSR count). The van der Waals surface area contributed by atoms with E-state index in [0.29, 0.717) is 0 Å². The van der Waals surface area contributed by atoms with Crippen LogP contribution in [0.1, 0.15) is 5.56 Å².